The maximum atomic E-state index is 13.0. The van der Waals surface area contributed by atoms with E-state index in [2.05, 4.69) is 27.8 Å². The number of rotatable bonds is 6. The molecule has 4 heteroatoms. The van der Waals surface area contributed by atoms with Crippen LogP contribution in [0, 0.1) is 11.6 Å². The van der Waals surface area contributed by atoms with Crippen LogP contribution in [-0.4, -0.2) is 23.3 Å². The quantitative estimate of drug-likeness (QED) is 0.724. The molecule has 0 unspecified atom stereocenters. The molecule has 0 spiro atoms. The van der Waals surface area contributed by atoms with Crippen molar-refractivity contribution in [3.8, 4) is 0 Å². The van der Waals surface area contributed by atoms with Crippen molar-refractivity contribution in [2.75, 3.05) is 18.4 Å². The third kappa shape index (κ3) is 4.18. The van der Waals surface area contributed by atoms with Crippen molar-refractivity contribution in [1.82, 2.24) is 4.90 Å². The molecule has 0 N–H and O–H groups in total. The fourth-order valence-corrected chi connectivity index (χ4v) is 1.78. The fraction of sp³-hybridized carbons (Fsp3) is 0.500. The van der Waals surface area contributed by atoms with Crippen LogP contribution in [0.4, 0.5) is 8.78 Å². The number of halogens is 3. The molecule has 16 heavy (non-hydrogen) atoms. The second-order valence-electron chi connectivity index (χ2n) is 3.66. The highest BCUT2D eigenvalue weighted by Crippen LogP contribution is 2.11. The van der Waals surface area contributed by atoms with E-state index in [0.29, 0.717) is 6.54 Å². The largest absolute Gasteiger partial charge is 0.299 e. The molecule has 1 aromatic carbocycles. The van der Waals surface area contributed by atoms with Crippen molar-refractivity contribution in [2.24, 2.45) is 0 Å². The van der Waals surface area contributed by atoms with E-state index in [1.807, 2.05) is 0 Å². The van der Waals surface area contributed by atoms with E-state index >= 15 is 0 Å². The zero-order chi connectivity index (χ0) is 12.0. The van der Waals surface area contributed by atoms with Crippen LogP contribution in [0.15, 0.2) is 18.2 Å². The molecular formula is C12H16BrF2N. The molecule has 0 amide bonds. The first-order chi connectivity index (χ1) is 7.67. The lowest BCUT2D eigenvalue weighted by atomic mass is 10.2. The summed E-state index contributed by atoms with van der Waals surface area (Å²) in [5.41, 5.74) is 0.815. The Balaban J connectivity index is 2.59. The van der Waals surface area contributed by atoms with E-state index < -0.39 is 11.6 Å². The summed E-state index contributed by atoms with van der Waals surface area (Å²) < 4.78 is 25.7. The first-order valence-corrected chi connectivity index (χ1v) is 6.51. The van der Waals surface area contributed by atoms with Crippen LogP contribution < -0.4 is 0 Å². The lowest BCUT2D eigenvalue weighted by Crippen LogP contribution is -2.24. The van der Waals surface area contributed by atoms with E-state index in [-0.39, 0.29) is 0 Å². The highest BCUT2D eigenvalue weighted by atomic mass is 79.9. The molecule has 1 nitrogen and oxygen atoms in total. The summed E-state index contributed by atoms with van der Waals surface area (Å²) in [5.74, 6) is -1.55. The molecule has 0 saturated carbocycles. The van der Waals surface area contributed by atoms with Crippen LogP contribution in [0.5, 0.6) is 0 Å². The molecule has 0 aliphatic carbocycles. The first-order valence-electron chi connectivity index (χ1n) is 5.39. The SMILES string of the molecule is CCN(CCCBr)Cc1ccc(F)c(F)c1. The molecular weight excluding hydrogens is 276 g/mol. The predicted molar refractivity (Wildman–Crippen MR) is 65.7 cm³/mol. The molecule has 90 valence electrons. The van der Waals surface area contributed by atoms with Gasteiger partial charge in [0.05, 0.1) is 0 Å². The normalized spacial score (nSPS) is 11.1. The van der Waals surface area contributed by atoms with Gasteiger partial charge in [0.2, 0.25) is 0 Å². The number of hydrogen-bond acceptors (Lipinski definition) is 1. The molecule has 0 saturated heterocycles. The fourth-order valence-electron chi connectivity index (χ4n) is 1.53. The maximum Gasteiger partial charge on any atom is 0.159 e. The Kier molecular flexibility index (Phi) is 5.91. The Labute approximate surface area is 104 Å². The third-order valence-corrected chi connectivity index (χ3v) is 3.01. The van der Waals surface area contributed by atoms with Gasteiger partial charge in [0.15, 0.2) is 11.6 Å². The average Bonchev–Trinajstić information content (AvgIpc) is 2.29. The van der Waals surface area contributed by atoms with E-state index in [4.69, 9.17) is 0 Å². The molecule has 0 atom stereocenters. The van der Waals surface area contributed by atoms with Crippen molar-refractivity contribution >= 4 is 15.9 Å². The molecule has 0 bridgehead atoms. The van der Waals surface area contributed by atoms with E-state index in [9.17, 15) is 8.78 Å². The van der Waals surface area contributed by atoms with Crippen LogP contribution in [0.2, 0.25) is 0 Å². The van der Waals surface area contributed by atoms with Gasteiger partial charge in [-0.15, -0.1) is 0 Å². The second-order valence-corrected chi connectivity index (χ2v) is 4.45. The minimum absolute atomic E-state index is 0.667. The summed E-state index contributed by atoms with van der Waals surface area (Å²) in [6, 6.07) is 4.09. The summed E-state index contributed by atoms with van der Waals surface area (Å²) in [6.07, 6.45) is 1.05. The van der Waals surface area contributed by atoms with Crippen molar-refractivity contribution in [2.45, 2.75) is 19.9 Å². The van der Waals surface area contributed by atoms with Gasteiger partial charge in [-0.1, -0.05) is 28.9 Å². The Morgan fingerprint density at radius 1 is 1.25 bits per heavy atom. The zero-order valence-electron chi connectivity index (χ0n) is 9.35. The molecule has 0 fully saturated rings. The van der Waals surface area contributed by atoms with Crippen LogP contribution in [0.3, 0.4) is 0 Å². The second kappa shape index (κ2) is 6.97. The molecule has 0 aromatic heterocycles. The smallest absolute Gasteiger partial charge is 0.159 e. The van der Waals surface area contributed by atoms with Gasteiger partial charge in [0.25, 0.3) is 0 Å². The Hall–Kier alpha value is -0.480. The van der Waals surface area contributed by atoms with Crippen molar-refractivity contribution in [3.05, 3.63) is 35.4 Å². The van der Waals surface area contributed by atoms with E-state index in [1.54, 1.807) is 6.07 Å². The van der Waals surface area contributed by atoms with Crippen molar-refractivity contribution in [1.29, 1.82) is 0 Å². The summed E-state index contributed by atoms with van der Waals surface area (Å²) in [6.45, 7) is 4.60. The Morgan fingerprint density at radius 3 is 2.56 bits per heavy atom. The Morgan fingerprint density at radius 2 is 2.00 bits per heavy atom. The summed E-state index contributed by atoms with van der Waals surface area (Å²) in [7, 11) is 0. The number of alkyl halides is 1. The molecule has 1 aromatic rings. The van der Waals surface area contributed by atoms with Gasteiger partial charge >= 0.3 is 0 Å². The first kappa shape index (κ1) is 13.6. The van der Waals surface area contributed by atoms with Crippen LogP contribution in [0.25, 0.3) is 0 Å². The lowest BCUT2D eigenvalue weighted by Gasteiger charge is -2.19. The standard InChI is InChI=1S/C12H16BrF2N/c1-2-16(7-3-6-13)9-10-4-5-11(14)12(15)8-10/h4-5,8H,2-3,6-7,9H2,1H3. The molecule has 0 aliphatic rings. The van der Waals surface area contributed by atoms with Crippen molar-refractivity contribution in [3.63, 3.8) is 0 Å². The minimum Gasteiger partial charge on any atom is -0.299 e. The summed E-state index contributed by atoms with van der Waals surface area (Å²) >= 11 is 3.38. The molecule has 0 radical (unpaired) electrons. The van der Waals surface area contributed by atoms with Gasteiger partial charge in [0, 0.05) is 11.9 Å². The number of benzene rings is 1. The third-order valence-electron chi connectivity index (χ3n) is 2.45. The Bertz CT molecular complexity index is 331. The summed E-state index contributed by atoms with van der Waals surface area (Å²) in [5, 5.41) is 0.960. The average molecular weight is 292 g/mol. The number of nitrogens with zero attached hydrogens (tertiary/aromatic N) is 1. The van der Waals surface area contributed by atoms with E-state index in [1.165, 1.54) is 12.1 Å². The molecule has 0 aliphatic heterocycles. The van der Waals surface area contributed by atoms with Gasteiger partial charge in [-0.05, 0) is 37.2 Å². The van der Waals surface area contributed by atoms with Crippen molar-refractivity contribution < 1.29 is 8.78 Å². The number of hydrogen-bond donors (Lipinski definition) is 0. The predicted octanol–water partition coefficient (Wildman–Crippen LogP) is 3.57. The van der Waals surface area contributed by atoms with Gasteiger partial charge in [-0.2, -0.15) is 0 Å². The van der Waals surface area contributed by atoms with Crippen LogP contribution in [0.1, 0.15) is 18.9 Å². The monoisotopic (exact) mass is 291 g/mol. The maximum absolute atomic E-state index is 13.0. The topological polar surface area (TPSA) is 3.24 Å². The summed E-state index contributed by atoms with van der Waals surface area (Å²) in [4.78, 5) is 2.20. The van der Waals surface area contributed by atoms with Gasteiger partial charge < -0.3 is 0 Å². The van der Waals surface area contributed by atoms with Gasteiger partial charge in [-0.3, -0.25) is 4.90 Å². The molecule has 0 heterocycles. The zero-order valence-corrected chi connectivity index (χ0v) is 10.9. The van der Waals surface area contributed by atoms with E-state index in [0.717, 1.165) is 30.4 Å². The van der Waals surface area contributed by atoms with Crippen LogP contribution in [-0.2, 0) is 6.54 Å². The van der Waals surface area contributed by atoms with Gasteiger partial charge in [0.1, 0.15) is 0 Å². The highest BCUT2D eigenvalue weighted by molar-refractivity contribution is 9.09. The van der Waals surface area contributed by atoms with Gasteiger partial charge in [-0.25, -0.2) is 8.78 Å². The lowest BCUT2D eigenvalue weighted by molar-refractivity contribution is 0.281. The van der Waals surface area contributed by atoms with Crippen LogP contribution >= 0.6 is 15.9 Å². The molecule has 1 rings (SSSR count). The minimum atomic E-state index is -0.785. The highest BCUT2D eigenvalue weighted by Gasteiger charge is 2.06.